The number of benzene rings is 1. The molecule has 0 fully saturated rings. The molecule has 1 unspecified atom stereocenters. The van der Waals surface area contributed by atoms with Crippen LogP contribution in [-0.4, -0.2) is 31.6 Å². The van der Waals surface area contributed by atoms with Gasteiger partial charge in [-0.25, -0.2) is 4.79 Å². The molecule has 0 heterocycles. The molecule has 1 atom stereocenters. The highest BCUT2D eigenvalue weighted by Gasteiger charge is 2.23. The van der Waals surface area contributed by atoms with Crippen molar-refractivity contribution < 1.29 is 9.59 Å². The van der Waals surface area contributed by atoms with Crippen molar-refractivity contribution in [1.82, 2.24) is 10.6 Å². The van der Waals surface area contributed by atoms with Gasteiger partial charge in [-0.2, -0.15) is 0 Å². The van der Waals surface area contributed by atoms with E-state index in [1.54, 1.807) is 13.0 Å². The Bertz CT molecular complexity index is 476. The normalized spacial score (nSPS) is 11.6. The molecular weight excluding hydrogens is 256 g/mol. The summed E-state index contributed by atoms with van der Waals surface area (Å²) in [4.78, 5) is 25.2. The van der Waals surface area contributed by atoms with Gasteiger partial charge in [0.05, 0.1) is 11.4 Å². The largest absolute Gasteiger partial charge is 0.397 e. The first-order chi connectivity index (χ1) is 9.51. The smallest absolute Gasteiger partial charge is 0.321 e. The van der Waals surface area contributed by atoms with E-state index in [2.05, 4.69) is 10.6 Å². The Labute approximate surface area is 119 Å². The van der Waals surface area contributed by atoms with Crippen molar-refractivity contribution in [2.24, 2.45) is 0 Å². The molecule has 0 bridgehead atoms. The van der Waals surface area contributed by atoms with E-state index in [0.29, 0.717) is 12.2 Å². The summed E-state index contributed by atoms with van der Waals surface area (Å²) < 4.78 is 0. The van der Waals surface area contributed by atoms with E-state index >= 15 is 0 Å². The molecule has 110 valence electrons. The first-order valence-corrected chi connectivity index (χ1v) is 6.65. The van der Waals surface area contributed by atoms with E-state index in [9.17, 15) is 9.59 Å². The maximum absolute atomic E-state index is 12.1. The highest BCUT2D eigenvalue weighted by molar-refractivity contribution is 5.98. The maximum atomic E-state index is 12.1. The lowest BCUT2D eigenvalue weighted by atomic mass is 10.1. The molecule has 0 saturated carbocycles. The van der Waals surface area contributed by atoms with Gasteiger partial charge in [0.1, 0.15) is 6.04 Å². The summed E-state index contributed by atoms with van der Waals surface area (Å²) in [6.07, 6.45) is 0.867. The van der Waals surface area contributed by atoms with Gasteiger partial charge in [-0.1, -0.05) is 19.1 Å². The van der Waals surface area contributed by atoms with Crippen molar-refractivity contribution >= 4 is 23.3 Å². The molecular formula is C14H22N4O2. The Morgan fingerprint density at radius 3 is 2.55 bits per heavy atom. The van der Waals surface area contributed by atoms with Crippen molar-refractivity contribution in [3.05, 3.63) is 24.3 Å². The fourth-order valence-corrected chi connectivity index (χ4v) is 1.93. The van der Waals surface area contributed by atoms with Crippen LogP contribution in [0.4, 0.5) is 16.2 Å². The van der Waals surface area contributed by atoms with E-state index in [-0.39, 0.29) is 5.91 Å². The van der Waals surface area contributed by atoms with E-state index < -0.39 is 12.1 Å². The molecule has 1 aromatic rings. The molecule has 6 heteroatoms. The third-order valence-electron chi connectivity index (χ3n) is 3.02. The van der Waals surface area contributed by atoms with Crippen LogP contribution in [0.1, 0.15) is 20.3 Å². The van der Waals surface area contributed by atoms with Gasteiger partial charge in [0.25, 0.3) is 0 Å². The Hall–Kier alpha value is -2.24. The van der Waals surface area contributed by atoms with Gasteiger partial charge in [0.15, 0.2) is 0 Å². The summed E-state index contributed by atoms with van der Waals surface area (Å²) in [6.45, 7) is 4.45. The van der Waals surface area contributed by atoms with E-state index in [1.807, 2.05) is 30.0 Å². The molecule has 3 amide bonds. The zero-order chi connectivity index (χ0) is 15.1. The van der Waals surface area contributed by atoms with E-state index in [1.165, 1.54) is 7.05 Å². The third kappa shape index (κ3) is 3.88. The van der Waals surface area contributed by atoms with Crippen LogP contribution in [0.5, 0.6) is 0 Å². The zero-order valence-corrected chi connectivity index (χ0v) is 12.1. The minimum atomic E-state index is -0.515. The van der Waals surface area contributed by atoms with Gasteiger partial charge in [-0.3, -0.25) is 10.1 Å². The van der Waals surface area contributed by atoms with Crippen molar-refractivity contribution in [2.45, 2.75) is 26.3 Å². The lowest BCUT2D eigenvalue weighted by molar-refractivity contribution is -0.121. The van der Waals surface area contributed by atoms with Gasteiger partial charge in [0.2, 0.25) is 5.91 Å². The number of nitrogen functional groups attached to an aromatic ring is 1. The van der Waals surface area contributed by atoms with Gasteiger partial charge >= 0.3 is 6.03 Å². The number of para-hydroxylation sites is 2. The monoisotopic (exact) mass is 278 g/mol. The molecule has 1 aromatic carbocycles. The molecule has 0 aromatic heterocycles. The number of hydrogen-bond donors (Lipinski definition) is 3. The van der Waals surface area contributed by atoms with Crippen molar-refractivity contribution in [3.8, 4) is 0 Å². The average Bonchev–Trinajstić information content (AvgIpc) is 2.44. The zero-order valence-electron chi connectivity index (χ0n) is 12.1. The first-order valence-electron chi connectivity index (χ1n) is 6.65. The molecule has 6 nitrogen and oxygen atoms in total. The number of carbonyl (C=O) groups excluding carboxylic acids is 2. The van der Waals surface area contributed by atoms with Crippen molar-refractivity contribution in [1.29, 1.82) is 0 Å². The summed E-state index contributed by atoms with van der Waals surface area (Å²) >= 11 is 0. The number of imide groups is 1. The molecule has 0 aliphatic carbocycles. The van der Waals surface area contributed by atoms with Gasteiger partial charge in [-0.05, 0) is 25.5 Å². The van der Waals surface area contributed by atoms with Crippen LogP contribution in [0.25, 0.3) is 0 Å². The number of nitrogens with two attached hydrogens (primary N) is 1. The van der Waals surface area contributed by atoms with Gasteiger partial charge in [0, 0.05) is 13.6 Å². The number of carbonyl (C=O) groups is 2. The molecule has 20 heavy (non-hydrogen) atoms. The van der Waals surface area contributed by atoms with Crippen LogP contribution in [0.15, 0.2) is 24.3 Å². The molecule has 0 saturated heterocycles. The predicted molar refractivity (Wildman–Crippen MR) is 80.6 cm³/mol. The third-order valence-corrected chi connectivity index (χ3v) is 3.02. The van der Waals surface area contributed by atoms with Crippen LogP contribution in [0, 0.1) is 0 Å². The number of urea groups is 1. The lowest BCUT2D eigenvalue weighted by Gasteiger charge is -2.30. The summed E-state index contributed by atoms with van der Waals surface area (Å²) in [5.41, 5.74) is 7.38. The van der Waals surface area contributed by atoms with Crippen LogP contribution in [0.3, 0.4) is 0 Å². The van der Waals surface area contributed by atoms with E-state index in [0.717, 1.165) is 12.1 Å². The highest BCUT2D eigenvalue weighted by Crippen LogP contribution is 2.24. The molecule has 4 N–H and O–H groups in total. The van der Waals surface area contributed by atoms with Crippen LogP contribution in [-0.2, 0) is 4.79 Å². The fourth-order valence-electron chi connectivity index (χ4n) is 1.93. The maximum Gasteiger partial charge on any atom is 0.321 e. The minimum Gasteiger partial charge on any atom is -0.397 e. The molecule has 0 aliphatic heterocycles. The Morgan fingerprint density at radius 1 is 1.35 bits per heavy atom. The molecule has 1 rings (SSSR count). The second-order valence-corrected chi connectivity index (χ2v) is 4.50. The number of amides is 3. The Morgan fingerprint density at radius 2 is 2.00 bits per heavy atom. The fraction of sp³-hybridized carbons (Fsp3) is 0.429. The second kappa shape index (κ2) is 7.37. The summed E-state index contributed by atoms with van der Waals surface area (Å²) in [5.74, 6) is -0.360. The number of hydrogen-bond acceptors (Lipinski definition) is 4. The number of rotatable bonds is 5. The number of anilines is 2. The topological polar surface area (TPSA) is 87.5 Å². The van der Waals surface area contributed by atoms with Crippen molar-refractivity contribution in [3.63, 3.8) is 0 Å². The van der Waals surface area contributed by atoms with Gasteiger partial charge in [-0.15, -0.1) is 0 Å². The van der Waals surface area contributed by atoms with Crippen LogP contribution in [0.2, 0.25) is 0 Å². The molecule has 0 spiro atoms. The quantitative estimate of drug-likeness (QED) is 0.709. The highest BCUT2D eigenvalue weighted by atomic mass is 16.2. The number of nitrogens with zero attached hydrogens (tertiary/aromatic N) is 1. The molecule has 0 radical (unpaired) electrons. The van der Waals surface area contributed by atoms with E-state index in [4.69, 9.17) is 5.73 Å². The Balaban J connectivity index is 2.93. The summed E-state index contributed by atoms with van der Waals surface area (Å²) in [7, 11) is 1.46. The van der Waals surface area contributed by atoms with Crippen LogP contribution >= 0.6 is 0 Å². The second-order valence-electron chi connectivity index (χ2n) is 4.50. The average molecular weight is 278 g/mol. The predicted octanol–water partition coefficient (Wildman–Crippen LogP) is 1.33. The van der Waals surface area contributed by atoms with Gasteiger partial charge < -0.3 is 16.0 Å². The summed E-state index contributed by atoms with van der Waals surface area (Å²) in [5, 5.41) is 4.64. The minimum absolute atomic E-state index is 0.360. The van der Waals surface area contributed by atoms with Crippen LogP contribution < -0.4 is 21.3 Å². The summed E-state index contributed by atoms with van der Waals surface area (Å²) in [6, 6.07) is 6.38. The standard InChI is InChI=1S/C14H22N4O2/c1-4-9-18(12-8-6-5-7-11(12)15)10(2)13(19)17-14(20)16-3/h5-8,10H,4,9,15H2,1-3H3,(H2,16,17,19,20). The number of nitrogens with one attached hydrogen (secondary N) is 2. The first kappa shape index (κ1) is 15.8. The SMILES string of the molecule is CCCN(c1ccccc1N)C(C)C(=O)NC(=O)NC. The van der Waals surface area contributed by atoms with Crippen molar-refractivity contribution in [2.75, 3.05) is 24.2 Å². The molecule has 0 aliphatic rings. The lowest BCUT2D eigenvalue weighted by Crippen LogP contribution is -2.49. The Kier molecular flexibility index (Phi) is 5.83.